The van der Waals surface area contributed by atoms with Crippen molar-refractivity contribution in [2.75, 3.05) is 0 Å². The lowest BCUT2D eigenvalue weighted by Crippen LogP contribution is -1.99. The van der Waals surface area contributed by atoms with Crippen molar-refractivity contribution in [3.8, 4) is 0 Å². The summed E-state index contributed by atoms with van der Waals surface area (Å²) in [6.45, 7) is 2.76. The molecule has 2 aromatic heterocycles. The van der Waals surface area contributed by atoms with Crippen molar-refractivity contribution >= 4 is 5.78 Å². The van der Waals surface area contributed by atoms with E-state index in [2.05, 4.69) is 9.67 Å². The highest BCUT2D eigenvalue weighted by Gasteiger charge is 2.04. The molecule has 0 aliphatic rings. The van der Waals surface area contributed by atoms with Crippen molar-refractivity contribution in [1.82, 2.24) is 14.3 Å². The smallest absolute Gasteiger partial charge is 0.164 e. The molecule has 0 saturated heterocycles. The predicted molar refractivity (Wildman–Crippen MR) is 66.0 cm³/mol. The standard InChI is InChI=1S/C13H17N3O/c1-3-13(17)12-5-7-16(10-12)6-4-11-8-14-15(2)9-11/h5,7-10H,3-4,6H2,1-2H3. The van der Waals surface area contributed by atoms with E-state index in [1.165, 1.54) is 5.56 Å². The first kappa shape index (κ1) is 11.6. The lowest BCUT2D eigenvalue weighted by molar-refractivity contribution is 0.0988. The Kier molecular flexibility index (Phi) is 3.42. The molecule has 0 bridgehead atoms. The van der Waals surface area contributed by atoms with E-state index in [0.29, 0.717) is 6.42 Å². The maximum absolute atomic E-state index is 11.5. The second-order valence-corrected chi connectivity index (χ2v) is 4.19. The number of ketones is 1. The molecule has 0 atom stereocenters. The largest absolute Gasteiger partial charge is 0.353 e. The Hall–Kier alpha value is -1.84. The Morgan fingerprint density at radius 2 is 2.24 bits per heavy atom. The van der Waals surface area contributed by atoms with Crippen LogP contribution in [-0.2, 0) is 20.0 Å². The molecule has 90 valence electrons. The molecule has 0 radical (unpaired) electrons. The number of hydrogen-bond donors (Lipinski definition) is 0. The highest BCUT2D eigenvalue weighted by molar-refractivity contribution is 5.95. The molecular weight excluding hydrogens is 214 g/mol. The van der Waals surface area contributed by atoms with Gasteiger partial charge in [0.15, 0.2) is 5.78 Å². The molecule has 4 nitrogen and oxygen atoms in total. The molecule has 0 amide bonds. The molecule has 0 aliphatic carbocycles. The third kappa shape index (κ3) is 2.84. The van der Waals surface area contributed by atoms with Gasteiger partial charge in [0.25, 0.3) is 0 Å². The number of nitrogens with zero attached hydrogens (tertiary/aromatic N) is 3. The zero-order valence-corrected chi connectivity index (χ0v) is 10.3. The molecule has 17 heavy (non-hydrogen) atoms. The van der Waals surface area contributed by atoms with Crippen molar-refractivity contribution in [2.45, 2.75) is 26.3 Å². The molecule has 0 saturated carbocycles. The van der Waals surface area contributed by atoms with Crippen molar-refractivity contribution in [2.24, 2.45) is 7.05 Å². The van der Waals surface area contributed by atoms with E-state index >= 15 is 0 Å². The Morgan fingerprint density at radius 1 is 1.41 bits per heavy atom. The third-order valence-electron chi connectivity index (χ3n) is 2.81. The van der Waals surface area contributed by atoms with Crippen LogP contribution in [0.4, 0.5) is 0 Å². The molecule has 0 aromatic carbocycles. The zero-order chi connectivity index (χ0) is 12.3. The van der Waals surface area contributed by atoms with Crippen molar-refractivity contribution in [3.63, 3.8) is 0 Å². The van der Waals surface area contributed by atoms with Crippen LogP contribution in [0.25, 0.3) is 0 Å². The van der Waals surface area contributed by atoms with Crippen LogP contribution < -0.4 is 0 Å². The average Bonchev–Trinajstić information content (AvgIpc) is 2.94. The van der Waals surface area contributed by atoms with Crippen LogP contribution >= 0.6 is 0 Å². The Bertz CT molecular complexity index is 510. The van der Waals surface area contributed by atoms with E-state index in [4.69, 9.17) is 0 Å². The summed E-state index contributed by atoms with van der Waals surface area (Å²) < 4.78 is 3.85. The first-order chi connectivity index (χ1) is 8.19. The zero-order valence-electron chi connectivity index (χ0n) is 10.3. The van der Waals surface area contributed by atoms with Crippen LogP contribution in [0.1, 0.15) is 29.3 Å². The summed E-state index contributed by atoms with van der Waals surface area (Å²) in [7, 11) is 1.91. The molecule has 2 rings (SSSR count). The van der Waals surface area contributed by atoms with Gasteiger partial charge in [-0.1, -0.05) is 6.92 Å². The summed E-state index contributed by atoms with van der Waals surface area (Å²) in [5.41, 5.74) is 2.02. The van der Waals surface area contributed by atoms with E-state index in [0.717, 1.165) is 18.5 Å². The van der Waals surface area contributed by atoms with Gasteiger partial charge < -0.3 is 4.57 Å². The lowest BCUT2D eigenvalue weighted by atomic mass is 10.2. The molecule has 0 unspecified atom stereocenters. The Labute approximate surface area is 101 Å². The molecule has 2 heterocycles. The van der Waals surface area contributed by atoms with Gasteiger partial charge in [0.1, 0.15) is 0 Å². The van der Waals surface area contributed by atoms with Gasteiger partial charge in [0.05, 0.1) is 6.20 Å². The van der Waals surface area contributed by atoms with E-state index in [1.807, 2.05) is 44.8 Å². The molecule has 0 spiro atoms. The first-order valence-electron chi connectivity index (χ1n) is 5.85. The van der Waals surface area contributed by atoms with Gasteiger partial charge in [-0.05, 0) is 18.1 Å². The van der Waals surface area contributed by atoms with Gasteiger partial charge in [-0.3, -0.25) is 9.48 Å². The molecule has 0 fully saturated rings. The van der Waals surface area contributed by atoms with Gasteiger partial charge in [0.2, 0.25) is 0 Å². The van der Waals surface area contributed by atoms with Crippen LogP contribution in [0.5, 0.6) is 0 Å². The summed E-state index contributed by atoms with van der Waals surface area (Å²) >= 11 is 0. The minimum atomic E-state index is 0.199. The second kappa shape index (κ2) is 4.99. The first-order valence-corrected chi connectivity index (χ1v) is 5.85. The summed E-state index contributed by atoms with van der Waals surface area (Å²) in [6, 6.07) is 1.88. The fourth-order valence-corrected chi connectivity index (χ4v) is 1.81. The van der Waals surface area contributed by atoms with Gasteiger partial charge >= 0.3 is 0 Å². The van der Waals surface area contributed by atoms with E-state index in [-0.39, 0.29) is 5.78 Å². The number of hydrogen-bond acceptors (Lipinski definition) is 2. The van der Waals surface area contributed by atoms with Crippen LogP contribution in [0.2, 0.25) is 0 Å². The number of Topliss-reactive ketones (excluding diaryl/α,β-unsaturated/α-hetero) is 1. The summed E-state index contributed by atoms with van der Waals surface area (Å²) in [6.07, 6.45) is 9.26. The van der Waals surface area contributed by atoms with Crippen LogP contribution in [-0.4, -0.2) is 20.1 Å². The fraction of sp³-hybridized carbons (Fsp3) is 0.385. The van der Waals surface area contributed by atoms with Crippen molar-refractivity contribution < 1.29 is 4.79 Å². The van der Waals surface area contributed by atoms with Crippen molar-refractivity contribution in [1.29, 1.82) is 0 Å². The normalized spacial score (nSPS) is 10.7. The molecule has 4 heteroatoms. The lowest BCUT2D eigenvalue weighted by Gasteiger charge is -2.00. The monoisotopic (exact) mass is 231 g/mol. The predicted octanol–water partition coefficient (Wildman–Crippen LogP) is 2.06. The summed E-state index contributed by atoms with van der Waals surface area (Å²) in [5.74, 6) is 0.199. The quantitative estimate of drug-likeness (QED) is 0.739. The third-order valence-corrected chi connectivity index (χ3v) is 2.81. The summed E-state index contributed by atoms with van der Waals surface area (Å²) in [4.78, 5) is 11.5. The minimum absolute atomic E-state index is 0.199. The molecular formula is C13H17N3O. The maximum Gasteiger partial charge on any atom is 0.164 e. The average molecular weight is 231 g/mol. The van der Waals surface area contributed by atoms with Crippen LogP contribution in [0.3, 0.4) is 0 Å². The molecule has 0 N–H and O–H groups in total. The van der Waals surface area contributed by atoms with Gasteiger partial charge in [0, 0.05) is 44.2 Å². The van der Waals surface area contributed by atoms with Crippen molar-refractivity contribution in [3.05, 3.63) is 42.0 Å². The topological polar surface area (TPSA) is 39.8 Å². The second-order valence-electron chi connectivity index (χ2n) is 4.19. The number of aryl methyl sites for hydroxylation is 3. The Balaban J connectivity index is 1.95. The molecule has 0 aliphatic heterocycles. The number of rotatable bonds is 5. The van der Waals surface area contributed by atoms with E-state index < -0.39 is 0 Å². The minimum Gasteiger partial charge on any atom is -0.353 e. The number of aromatic nitrogens is 3. The van der Waals surface area contributed by atoms with E-state index in [1.54, 1.807) is 4.68 Å². The molecule has 2 aromatic rings. The number of carbonyl (C=O) groups excluding carboxylic acids is 1. The van der Waals surface area contributed by atoms with Crippen LogP contribution in [0, 0.1) is 0 Å². The van der Waals surface area contributed by atoms with Gasteiger partial charge in [-0.2, -0.15) is 5.10 Å². The Morgan fingerprint density at radius 3 is 2.88 bits per heavy atom. The van der Waals surface area contributed by atoms with Gasteiger partial charge in [-0.15, -0.1) is 0 Å². The maximum atomic E-state index is 11.5. The SMILES string of the molecule is CCC(=O)c1ccn(CCc2cnn(C)c2)c1. The fourth-order valence-electron chi connectivity index (χ4n) is 1.81. The highest BCUT2D eigenvalue weighted by Crippen LogP contribution is 2.06. The van der Waals surface area contributed by atoms with Crippen LogP contribution in [0.15, 0.2) is 30.9 Å². The van der Waals surface area contributed by atoms with Gasteiger partial charge in [-0.25, -0.2) is 0 Å². The van der Waals surface area contributed by atoms with E-state index in [9.17, 15) is 4.79 Å². The highest BCUT2D eigenvalue weighted by atomic mass is 16.1. The number of carbonyl (C=O) groups is 1. The summed E-state index contributed by atoms with van der Waals surface area (Å²) in [5, 5.41) is 4.13.